The molecule has 2 aromatic rings. The highest BCUT2D eigenvalue weighted by Crippen LogP contribution is 2.27. The molecule has 0 aliphatic heterocycles. The van der Waals surface area contributed by atoms with E-state index in [0.29, 0.717) is 22.9 Å². The fraction of sp³-hybridized carbons (Fsp3) is 0.308. The van der Waals surface area contributed by atoms with Gasteiger partial charge in [0.1, 0.15) is 18.3 Å². The van der Waals surface area contributed by atoms with Gasteiger partial charge in [0.05, 0.1) is 10.7 Å². The van der Waals surface area contributed by atoms with E-state index in [4.69, 9.17) is 11.6 Å². The van der Waals surface area contributed by atoms with Crippen molar-refractivity contribution in [3.63, 3.8) is 0 Å². The van der Waals surface area contributed by atoms with Gasteiger partial charge in [0, 0.05) is 12.5 Å². The van der Waals surface area contributed by atoms with Gasteiger partial charge in [-0.05, 0) is 19.2 Å². The number of carbonyl (C=O) groups is 1. The Labute approximate surface area is 122 Å². The maximum Gasteiger partial charge on any atom is 0.228 e. The van der Waals surface area contributed by atoms with Crippen LogP contribution in [-0.2, 0) is 4.79 Å². The molecule has 0 bridgehead atoms. The Kier molecular flexibility index (Phi) is 4.70. The number of hydrogen-bond donors (Lipinski definition) is 2. The molecular weight excluding hydrogens is 278 g/mol. The molecule has 1 heterocycles. The highest BCUT2D eigenvalue weighted by atomic mass is 35.5. The Morgan fingerprint density at radius 3 is 2.95 bits per heavy atom. The van der Waals surface area contributed by atoms with Gasteiger partial charge in [0.15, 0.2) is 0 Å². The summed E-state index contributed by atoms with van der Waals surface area (Å²) in [7, 11) is 1.81. The second kappa shape index (κ2) is 6.49. The van der Waals surface area contributed by atoms with Crippen LogP contribution in [0.4, 0.5) is 5.69 Å². The van der Waals surface area contributed by atoms with E-state index in [9.17, 15) is 4.79 Å². The smallest absolute Gasteiger partial charge is 0.228 e. The molecule has 0 aliphatic rings. The summed E-state index contributed by atoms with van der Waals surface area (Å²) in [6, 6.07) is 5.30. The molecule has 0 saturated carbocycles. The zero-order valence-corrected chi connectivity index (χ0v) is 12.1. The Bertz CT molecular complexity index is 584. The summed E-state index contributed by atoms with van der Waals surface area (Å²) in [5, 5.41) is 10.4. The van der Waals surface area contributed by atoms with Crippen molar-refractivity contribution in [3.8, 4) is 5.69 Å². The molecule has 0 spiro atoms. The van der Waals surface area contributed by atoms with Crippen LogP contribution in [0.15, 0.2) is 30.9 Å². The summed E-state index contributed by atoms with van der Waals surface area (Å²) in [6.45, 7) is 2.45. The van der Waals surface area contributed by atoms with E-state index in [0.717, 1.165) is 0 Å². The van der Waals surface area contributed by atoms with Crippen molar-refractivity contribution in [3.05, 3.63) is 35.9 Å². The van der Waals surface area contributed by atoms with Crippen LogP contribution in [0.1, 0.15) is 6.92 Å². The first-order valence-corrected chi connectivity index (χ1v) is 6.60. The maximum absolute atomic E-state index is 12.1. The lowest BCUT2D eigenvalue weighted by Gasteiger charge is -2.15. The first-order valence-electron chi connectivity index (χ1n) is 6.22. The standard InChI is InChI=1S/C13H16ClN5O/c1-9(6-15-2)13(20)18-11-5-3-4-10(14)12(11)19-8-16-7-17-19/h3-5,7-9,15H,6H2,1-2H3,(H,18,20). The van der Waals surface area contributed by atoms with E-state index in [1.165, 1.54) is 17.3 Å². The van der Waals surface area contributed by atoms with Crippen LogP contribution in [-0.4, -0.2) is 34.3 Å². The van der Waals surface area contributed by atoms with Crippen LogP contribution in [0.3, 0.4) is 0 Å². The number of halogens is 1. The summed E-state index contributed by atoms with van der Waals surface area (Å²) in [5.74, 6) is -0.231. The minimum atomic E-state index is -0.150. The minimum absolute atomic E-state index is 0.0806. The summed E-state index contributed by atoms with van der Waals surface area (Å²) in [6.07, 6.45) is 2.95. The normalized spacial score (nSPS) is 12.2. The lowest BCUT2D eigenvalue weighted by molar-refractivity contribution is -0.119. The fourth-order valence-corrected chi connectivity index (χ4v) is 2.09. The molecule has 0 fully saturated rings. The number of amides is 1. The molecule has 1 atom stereocenters. The summed E-state index contributed by atoms with van der Waals surface area (Å²) in [5.41, 5.74) is 1.22. The van der Waals surface area contributed by atoms with E-state index in [-0.39, 0.29) is 11.8 Å². The molecule has 1 amide bonds. The quantitative estimate of drug-likeness (QED) is 0.880. The second-order valence-electron chi connectivity index (χ2n) is 4.42. The van der Waals surface area contributed by atoms with Crippen LogP contribution >= 0.6 is 11.6 Å². The van der Waals surface area contributed by atoms with Gasteiger partial charge in [-0.3, -0.25) is 4.79 Å². The zero-order chi connectivity index (χ0) is 14.5. The van der Waals surface area contributed by atoms with Gasteiger partial charge in [0.25, 0.3) is 0 Å². The number of nitrogens with one attached hydrogen (secondary N) is 2. The van der Waals surface area contributed by atoms with Crippen molar-refractivity contribution < 1.29 is 4.79 Å². The van der Waals surface area contributed by atoms with Crippen molar-refractivity contribution in [1.82, 2.24) is 20.1 Å². The molecule has 0 saturated heterocycles. The monoisotopic (exact) mass is 293 g/mol. The topological polar surface area (TPSA) is 71.8 Å². The Morgan fingerprint density at radius 1 is 1.50 bits per heavy atom. The lowest BCUT2D eigenvalue weighted by atomic mass is 10.1. The first-order chi connectivity index (χ1) is 9.63. The van der Waals surface area contributed by atoms with Gasteiger partial charge in [-0.1, -0.05) is 24.6 Å². The average molecular weight is 294 g/mol. The third kappa shape index (κ3) is 3.15. The number of nitrogens with zero attached hydrogens (tertiary/aromatic N) is 3. The van der Waals surface area contributed by atoms with Crippen LogP contribution in [0, 0.1) is 5.92 Å². The first kappa shape index (κ1) is 14.5. The number of rotatable bonds is 5. The van der Waals surface area contributed by atoms with Crippen LogP contribution < -0.4 is 10.6 Å². The molecule has 2 N–H and O–H groups in total. The van der Waals surface area contributed by atoms with Gasteiger partial charge in [-0.15, -0.1) is 0 Å². The van der Waals surface area contributed by atoms with Crippen molar-refractivity contribution in [2.45, 2.75) is 6.92 Å². The van der Waals surface area contributed by atoms with Crippen molar-refractivity contribution in [1.29, 1.82) is 0 Å². The number of para-hydroxylation sites is 1. The van der Waals surface area contributed by atoms with E-state index in [1.807, 2.05) is 14.0 Å². The molecule has 20 heavy (non-hydrogen) atoms. The number of benzene rings is 1. The highest BCUT2D eigenvalue weighted by molar-refractivity contribution is 6.33. The Balaban J connectivity index is 2.29. The minimum Gasteiger partial charge on any atom is -0.324 e. The van der Waals surface area contributed by atoms with E-state index < -0.39 is 0 Å². The van der Waals surface area contributed by atoms with Crippen molar-refractivity contribution >= 4 is 23.2 Å². The van der Waals surface area contributed by atoms with Gasteiger partial charge in [-0.2, -0.15) is 5.10 Å². The molecule has 2 rings (SSSR count). The number of hydrogen-bond acceptors (Lipinski definition) is 4. The summed E-state index contributed by atoms with van der Waals surface area (Å²) < 4.78 is 1.53. The Hall–Kier alpha value is -1.92. The van der Waals surface area contributed by atoms with Crippen LogP contribution in [0.25, 0.3) is 5.69 Å². The lowest BCUT2D eigenvalue weighted by Crippen LogP contribution is -2.29. The molecular formula is C13H16ClN5O. The number of anilines is 1. The second-order valence-corrected chi connectivity index (χ2v) is 4.83. The third-order valence-electron chi connectivity index (χ3n) is 2.85. The summed E-state index contributed by atoms with van der Waals surface area (Å²) in [4.78, 5) is 16.0. The van der Waals surface area contributed by atoms with Crippen LogP contribution in [0.5, 0.6) is 0 Å². The maximum atomic E-state index is 12.1. The zero-order valence-electron chi connectivity index (χ0n) is 11.3. The molecule has 7 heteroatoms. The molecule has 6 nitrogen and oxygen atoms in total. The molecule has 106 valence electrons. The molecule has 1 aromatic heterocycles. The summed E-state index contributed by atoms with van der Waals surface area (Å²) >= 11 is 6.19. The molecule has 1 aromatic carbocycles. The number of carbonyl (C=O) groups excluding carboxylic acids is 1. The van der Waals surface area contributed by atoms with Gasteiger partial charge < -0.3 is 10.6 Å². The van der Waals surface area contributed by atoms with E-state index in [1.54, 1.807) is 18.2 Å². The third-order valence-corrected chi connectivity index (χ3v) is 3.16. The largest absolute Gasteiger partial charge is 0.324 e. The van der Waals surface area contributed by atoms with Gasteiger partial charge in [0.2, 0.25) is 5.91 Å². The number of aromatic nitrogens is 3. The van der Waals surface area contributed by atoms with E-state index in [2.05, 4.69) is 20.7 Å². The fourth-order valence-electron chi connectivity index (χ4n) is 1.83. The molecule has 0 radical (unpaired) electrons. The predicted octanol–water partition coefficient (Wildman–Crippen LogP) is 1.71. The highest BCUT2D eigenvalue weighted by Gasteiger charge is 2.16. The molecule has 1 unspecified atom stereocenters. The average Bonchev–Trinajstić information content (AvgIpc) is 2.92. The van der Waals surface area contributed by atoms with E-state index >= 15 is 0 Å². The Morgan fingerprint density at radius 2 is 2.30 bits per heavy atom. The van der Waals surface area contributed by atoms with Gasteiger partial charge in [-0.25, -0.2) is 9.67 Å². The van der Waals surface area contributed by atoms with Crippen LogP contribution in [0.2, 0.25) is 5.02 Å². The van der Waals surface area contributed by atoms with Gasteiger partial charge >= 0.3 is 0 Å². The molecule has 0 aliphatic carbocycles. The SMILES string of the molecule is CNCC(C)C(=O)Nc1cccc(Cl)c1-n1cncn1. The predicted molar refractivity (Wildman–Crippen MR) is 78.1 cm³/mol. The van der Waals surface area contributed by atoms with Crippen molar-refractivity contribution in [2.24, 2.45) is 5.92 Å². The van der Waals surface area contributed by atoms with Crippen molar-refractivity contribution in [2.75, 3.05) is 18.9 Å².